The standard InChI is InChI=1S/C29H37NO5/c1-5-7-8-18-34-23-13-9-21(10-14-23)26-25(28(32)29(33)30(26)17-6-2)27(31)22-11-15-24(16-12-22)35-19-20(3)4/h9-16,20,26,31H,5-8,17-19H2,1-4H3/b27-25-. The van der Waals surface area contributed by atoms with Gasteiger partial charge in [-0.05, 0) is 60.7 Å². The topological polar surface area (TPSA) is 76.1 Å². The summed E-state index contributed by atoms with van der Waals surface area (Å²) in [5, 5.41) is 11.2. The fourth-order valence-electron chi connectivity index (χ4n) is 4.11. The Bertz CT molecular complexity index is 1020. The first-order valence-corrected chi connectivity index (χ1v) is 12.6. The number of likely N-dealkylation sites (tertiary alicyclic amines) is 1. The summed E-state index contributed by atoms with van der Waals surface area (Å²) in [6.07, 6.45) is 3.94. The maximum atomic E-state index is 13.0. The van der Waals surface area contributed by atoms with Crippen molar-refractivity contribution in [3.8, 4) is 11.5 Å². The predicted molar refractivity (Wildman–Crippen MR) is 138 cm³/mol. The molecule has 0 spiro atoms. The van der Waals surface area contributed by atoms with Crippen molar-refractivity contribution in [3.05, 3.63) is 65.2 Å². The van der Waals surface area contributed by atoms with E-state index in [1.54, 1.807) is 29.2 Å². The quantitative estimate of drug-likeness (QED) is 0.172. The maximum absolute atomic E-state index is 13.0. The van der Waals surface area contributed by atoms with E-state index < -0.39 is 17.7 Å². The molecule has 1 fully saturated rings. The summed E-state index contributed by atoms with van der Waals surface area (Å²) < 4.78 is 11.5. The van der Waals surface area contributed by atoms with Crippen LogP contribution in [0.4, 0.5) is 0 Å². The lowest BCUT2D eigenvalue weighted by atomic mass is 9.95. The Kier molecular flexibility index (Phi) is 9.35. The highest BCUT2D eigenvalue weighted by molar-refractivity contribution is 6.46. The second-order valence-electron chi connectivity index (χ2n) is 9.35. The molecule has 1 aliphatic heterocycles. The van der Waals surface area contributed by atoms with E-state index in [4.69, 9.17) is 9.47 Å². The molecule has 0 radical (unpaired) electrons. The van der Waals surface area contributed by atoms with Gasteiger partial charge in [0.25, 0.3) is 11.7 Å². The lowest BCUT2D eigenvalue weighted by Crippen LogP contribution is -2.30. The lowest BCUT2D eigenvalue weighted by molar-refractivity contribution is -0.139. The summed E-state index contributed by atoms with van der Waals surface area (Å²) >= 11 is 0. The molecule has 3 rings (SSSR count). The Labute approximate surface area is 208 Å². The Morgan fingerprint density at radius 1 is 0.914 bits per heavy atom. The van der Waals surface area contributed by atoms with Crippen molar-refractivity contribution in [1.29, 1.82) is 0 Å². The van der Waals surface area contributed by atoms with Crippen LogP contribution in [-0.2, 0) is 9.59 Å². The number of hydrogen-bond acceptors (Lipinski definition) is 5. The molecular formula is C29H37NO5. The lowest BCUT2D eigenvalue weighted by Gasteiger charge is -2.25. The highest BCUT2D eigenvalue weighted by Crippen LogP contribution is 2.40. The number of carbonyl (C=O) groups is 2. The number of aliphatic hydroxyl groups is 1. The maximum Gasteiger partial charge on any atom is 0.295 e. The number of Topliss-reactive ketones (excluding diaryl/α,β-unsaturated/α-hetero) is 1. The molecule has 6 nitrogen and oxygen atoms in total. The van der Waals surface area contributed by atoms with Gasteiger partial charge in [0.2, 0.25) is 0 Å². The zero-order valence-electron chi connectivity index (χ0n) is 21.3. The van der Waals surface area contributed by atoms with Crippen molar-refractivity contribution in [1.82, 2.24) is 4.90 Å². The minimum Gasteiger partial charge on any atom is -0.507 e. The molecule has 1 N–H and O–H groups in total. The third-order valence-corrected chi connectivity index (χ3v) is 5.93. The molecule has 0 bridgehead atoms. The fraction of sp³-hybridized carbons (Fsp3) is 0.448. The van der Waals surface area contributed by atoms with Crippen LogP contribution in [0.15, 0.2) is 54.1 Å². The van der Waals surface area contributed by atoms with Crippen LogP contribution in [0.3, 0.4) is 0 Å². The largest absolute Gasteiger partial charge is 0.507 e. The van der Waals surface area contributed by atoms with E-state index in [9.17, 15) is 14.7 Å². The number of benzene rings is 2. The number of ketones is 1. The van der Waals surface area contributed by atoms with Crippen LogP contribution < -0.4 is 9.47 Å². The van der Waals surface area contributed by atoms with Crippen molar-refractivity contribution >= 4 is 17.4 Å². The molecular weight excluding hydrogens is 442 g/mol. The highest BCUT2D eigenvalue weighted by atomic mass is 16.5. The van der Waals surface area contributed by atoms with Gasteiger partial charge in [-0.2, -0.15) is 0 Å². The average molecular weight is 480 g/mol. The molecule has 1 heterocycles. The van der Waals surface area contributed by atoms with Crippen molar-refractivity contribution < 1.29 is 24.2 Å². The summed E-state index contributed by atoms with van der Waals surface area (Å²) in [5.41, 5.74) is 1.34. The fourth-order valence-corrected chi connectivity index (χ4v) is 4.11. The predicted octanol–water partition coefficient (Wildman–Crippen LogP) is 6.12. The molecule has 6 heteroatoms. The van der Waals surface area contributed by atoms with E-state index in [1.807, 2.05) is 31.2 Å². The van der Waals surface area contributed by atoms with Gasteiger partial charge in [0.05, 0.1) is 24.8 Å². The Morgan fingerprint density at radius 2 is 1.54 bits per heavy atom. The third-order valence-electron chi connectivity index (χ3n) is 5.93. The van der Waals surface area contributed by atoms with E-state index in [0.29, 0.717) is 43.4 Å². The smallest absolute Gasteiger partial charge is 0.295 e. The second kappa shape index (κ2) is 12.4. The van der Waals surface area contributed by atoms with Crippen molar-refractivity contribution in [2.24, 2.45) is 5.92 Å². The molecule has 35 heavy (non-hydrogen) atoms. The van der Waals surface area contributed by atoms with Gasteiger partial charge in [-0.25, -0.2) is 0 Å². The van der Waals surface area contributed by atoms with Crippen LogP contribution in [0.5, 0.6) is 11.5 Å². The third kappa shape index (κ3) is 6.44. The zero-order chi connectivity index (χ0) is 25.4. The minimum absolute atomic E-state index is 0.107. The number of hydrogen-bond donors (Lipinski definition) is 1. The molecule has 1 atom stereocenters. The van der Waals surface area contributed by atoms with E-state index in [1.165, 1.54) is 0 Å². The monoisotopic (exact) mass is 479 g/mol. The summed E-state index contributed by atoms with van der Waals surface area (Å²) in [4.78, 5) is 27.5. The van der Waals surface area contributed by atoms with Crippen molar-refractivity contribution in [2.75, 3.05) is 19.8 Å². The number of aliphatic hydroxyl groups excluding tert-OH is 1. The number of ether oxygens (including phenoxy) is 2. The molecule has 0 aliphatic carbocycles. The van der Waals surface area contributed by atoms with E-state index >= 15 is 0 Å². The van der Waals surface area contributed by atoms with Crippen LogP contribution in [0, 0.1) is 5.92 Å². The van der Waals surface area contributed by atoms with Crippen LogP contribution in [0.1, 0.15) is 70.5 Å². The van der Waals surface area contributed by atoms with Gasteiger partial charge in [-0.15, -0.1) is 0 Å². The average Bonchev–Trinajstić information content (AvgIpc) is 3.11. The molecule has 1 unspecified atom stereocenters. The molecule has 1 saturated heterocycles. The van der Waals surface area contributed by atoms with Crippen LogP contribution >= 0.6 is 0 Å². The van der Waals surface area contributed by atoms with Crippen molar-refractivity contribution in [3.63, 3.8) is 0 Å². The van der Waals surface area contributed by atoms with Gasteiger partial charge < -0.3 is 19.5 Å². The first-order chi connectivity index (χ1) is 16.9. The van der Waals surface area contributed by atoms with Gasteiger partial charge in [0.1, 0.15) is 17.3 Å². The van der Waals surface area contributed by atoms with E-state index in [-0.39, 0.29) is 11.3 Å². The molecule has 0 aromatic heterocycles. The van der Waals surface area contributed by atoms with Gasteiger partial charge in [0.15, 0.2) is 0 Å². The summed E-state index contributed by atoms with van der Waals surface area (Å²) in [6.45, 7) is 9.91. The van der Waals surface area contributed by atoms with Crippen LogP contribution in [0.25, 0.3) is 5.76 Å². The Morgan fingerprint density at radius 3 is 2.14 bits per heavy atom. The van der Waals surface area contributed by atoms with Crippen LogP contribution in [0.2, 0.25) is 0 Å². The molecule has 2 aromatic carbocycles. The molecule has 0 saturated carbocycles. The number of amides is 1. The highest BCUT2D eigenvalue weighted by Gasteiger charge is 2.45. The van der Waals surface area contributed by atoms with E-state index in [0.717, 1.165) is 30.6 Å². The molecule has 1 amide bonds. The first-order valence-electron chi connectivity index (χ1n) is 12.6. The second-order valence-corrected chi connectivity index (χ2v) is 9.35. The van der Waals surface area contributed by atoms with Gasteiger partial charge >= 0.3 is 0 Å². The zero-order valence-corrected chi connectivity index (χ0v) is 21.3. The van der Waals surface area contributed by atoms with Crippen LogP contribution in [-0.4, -0.2) is 41.5 Å². The Hall–Kier alpha value is -3.28. The number of carbonyl (C=O) groups excluding carboxylic acids is 2. The van der Waals surface area contributed by atoms with E-state index in [2.05, 4.69) is 20.8 Å². The molecule has 1 aliphatic rings. The first kappa shape index (κ1) is 26.3. The molecule has 188 valence electrons. The Balaban J connectivity index is 1.91. The molecule has 2 aromatic rings. The van der Waals surface area contributed by atoms with Gasteiger partial charge in [-0.1, -0.05) is 52.7 Å². The normalized spacial score (nSPS) is 17.3. The minimum atomic E-state index is -0.666. The number of rotatable bonds is 12. The number of unbranched alkanes of at least 4 members (excludes halogenated alkanes) is 2. The summed E-state index contributed by atoms with van der Waals surface area (Å²) in [7, 11) is 0. The number of nitrogens with zero attached hydrogens (tertiary/aromatic N) is 1. The van der Waals surface area contributed by atoms with Gasteiger partial charge in [0, 0.05) is 12.1 Å². The van der Waals surface area contributed by atoms with Gasteiger partial charge in [-0.3, -0.25) is 9.59 Å². The summed E-state index contributed by atoms with van der Waals surface area (Å²) in [5.74, 6) is 0.395. The van der Waals surface area contributed by atoms with Crippen molar-refractivity contribution in [2.45, 2.75) is 59.4 Å². The summed E-state index contributed by atoms with van der Waals surface area (Å²) in [6, 6.07) is 13.7. The SMILES string of the molecule is CCCCCOc1ccc(C2/C(=C(/O)c3ccc(OCC(C)C)cc3)C(=O)C(=O)N2CCC)cc1.